The first kappa shape index (κ1) is 12.1. The molecule has 0 saturated carbocycles. The summed E-state index contributed by atoms with van der Waals surface area (Å²) < 4.78 is 15.3. The second-order valence-electron chi connectivity index (χ2n) is 4.62. The lowest BCUT2D eigenvalue weighted by Crippen LogP contribution is -2.34. The fraction of sp³-hybridized carbons (Fsp3) is 0.538. The molecule has 0 spiro atoms. The second kappa shape index (κ2) is 5.28. The van der Waals surface area contributed by atoms with E-state index in [1.54, 1.807) is 0 Å². The Labute approximate surface area is 105 Å². The van der Waals surface area contributed by atoms with Crippen LogP contribution in [0.3, 0.4) is 0 Å². The number of halogens is 2. The number of rotatable bonds is 2. The Morgan fingerprint density at radius 3 is 2.69 bits per heavy atom. The van der Waals surface area contributed by atoms with Gasteiger partial charge in [0.05, 0.1) is 0 Å². The molecule has 0 bridgehead atoms. The van der Waals surface area contributed by atoms with E-state index < -0.39 is 6.17 Å². The molecule has 0 amide bonds. The van der Waals surface area contributed by atoms with E-state index in [-0.39, 0.29) is 5.92 Å². The summed E-state index contributed by atoms with van der Waals surface area (Å²) in [7, 11) is 2.07. The van der Waals surface area contributed by atoms with Crippen molar-refractivity contribution in [1.29, 1.82) is 0 Å². The van der Waals surface area contributed by atoms with Gasteiger partial charge in [-0.2, -0.15) is 0 Å². The van der Waals surface area contributed by atoms with Gasteiger partial charge in [-0.05, 0) is 44.1 Å². The molecule has 3 heteroatoms. The van der Waals surface area contributed by atoms with E-state index in [1.165, 1.54) is 0 Å². The van der Waals surface area contributed by atoms with Crippen molar-refractivity contribution in [3.05, 3.63) is 34.3 Å². The van der Waals surface area contributed by atoms with Gasteiger partial charge in [0.25, 0.3) is 0 Å². The molecule has 2 atom stereocenters. The maximum atomic E-state index is 14.3. The third-order valence-corrected chi connectivity index (χ3v) is 3.79. The van der Waals surface area contributed by atoms with Gasteiger partial charge in [0.1, 0.15) is 6.17 Å². The van der Waals surface area contributed by atoms with Crippen LogP contribution in [0.5, 0.6) is 0 Å². The quantitative estimate of drug-likeness (QED) is 0.799. The molecule has 2 rings (SSSR count). The fourth-order valence-electron chi connectivity index (χ4n) is 2.36. The van der Waals surface area contributed by atoms with E-state index in [0.717, 1.165) is 36.0 Å². The van der Waals surface area contributed by atoms with Crippen molar-refractivity contribution in [2.45, 2.75) is 19.0 Å². The summed E-state index contributed by atoms with van der Waals surface area (Å²) in [5.41, 5.74) is 0.809. The standard InChI is InChI=1S/C13H17BrFN/c1-16-8-2-3-11(9-16)13(15)10-4-6-12(14)7-5-10/h4-7,11,13H,2-3,8-9H2,1H3. The Morgan fingerprint density at radius 2 is 2.06 bits per heavy atom. The number of piperidine rings is 1. The number of hydrogen-bond acceptors (Lipinski definition) is 1. The van der Waals surface area contributed by atoms with E-state index in [0.29, 0.717) is 0 Å². The summed E-state index contributed by atoms with van der Waals surface area (Å²) in [4.78, 5) is 2.22. The molecule has 88 valence electrons. The lowest BCUT2D eigenvalue weighted by Gasteiger charge is -2.31. The number of nitrogens with zero attached hydrogens (tertiary/aromatic N) is 1. The minimum atomic E-state index is -0.823. The summed E-state index contributed by atoms with van der Waals surface area (Å²) in [6.07, 6.45) is 1.29. The van der Waals surface area contributed by atoms with Gasteiger partial charge in [0, 0.05) is 16.9 Å². The molecular formula is C13H17BrFN. The van der Waals surface area contributed by atoms with Crippen molar-refractivity contribution >= 4 is 15.9 Å². The van der Waals surface area contributed by atoms with Crippen LogP contribution in [0.2, 0.25) is 0 Å². The predicted octanol–water partition coefficient (Wildman–Crippen LogP) is 3.80. The molecule has 0 aromatic heterocycles. The highest BCUT2D eigenvalue weighted by atomic mass is 79.9. The van der Waals surface area contributed by atoms with Crippen molar-refractivity contribution in [2.75, 3.05) is 20.1 Å². The van der Waals surface area contributed by atoms with E-state index in [2.05, 4.69) is 27.9 Å². The third kappa shape index (κ3) is 2.83. The molecule has 1 nitrogen and oxygen atoms in total. The zero-order chi connectivity index (χ0) is 11.5. The molecular weight excluding hydrogens is 269 g/mol. The molecule has 1 fully saturated rings. The van der Waals surface area contributed by atoms with Crippen LogP contribution in [0.15, 0.2) is 28.7 Å². The van der Waals surface area contributed by atoms with E-state index in [9.17, 15) is 4.39 Å². The van der Waals surface area contributed by atoms with Gasteiger partial charge in [-0.15, -0.1) is 0 Å². The minimum Gasteiger partial charge on any atom is -0.306 e. The van der Waals surface area contributed by atoms with Crippen molar-refractivity contribution in [2.24, 2.45) is 5.92 Å². The molecule has 1 saturated heterocycles. The maximum absolute atomic E-state index is 14.3. The Bertz CT molecular complexity index is 338. The van der Waals surface area contributed by atoms with Gasteiger partial charge in [0.2, 0.25) is 0 Å². The van der Waals surface area contributed by atoms with Crippen LogP contribution in [-0.4, -0.2) is 25.0 Å². The van der Waals surface area contributed by atoms with Crippen LogP contribution < -0.4 is 0 Å². The second-order valence-corrected chi connectivity index (χ2v) is 5.53. The molecule has 1 aliphatic rings. The van der Waals surface area contributed by atoms with E-state index in [4.69, 9.17) is 0 Å². The summed E-state index contributed by atoms with van der Waals surface area (Å²) in [6, 6.07) is 7.58. The van der Waals surface area contributed by atoms with Gasteiger partial charge in [-0.25, -0.2) is 4.39 Å². The smallest absolute Gasteiger partial charge is 0.129 e. The predicted molar refractivity (Wildman–Crippen MR) is 68.2 cm³/mol. The van der Waals surface area contributed by atoms with Crippen LogP contribution in [0.25, 0.3) is 0 Å². The molecule has 1 aromatic rings. The monoisotopic (exact) mass is 285 g/mol. The Morgan fingerprint density at radius 1 is 1.38 bits per heavy atom. The Hall–Kier alpha value is -0.410. The molecule has 2 unspecified atom stereocenters. The molecule has 0 radical (unpaired) electrons. The summed E-state index contributed by atoms with van der Waals surface area (Å²) in [6.45, 7) is 1.97. The van der Waals surface area contributed by atoms with Crippen LogP contribution >= 0.6 is 15.9 Å². The number of alkyl halides is 1. The van der Waals surface area contributed by atoms with Gasteiger partial charge in [-0.1, -0.05) is 28.1 Å². The van der Waals surface area contributed by atoms with Crippen molar-refractivity contribution in [3.8, 4) is 0 Å². The first-order chi connectivity index (χ1) is 7.66. The van der Waals surface area contributed by atoms with Crippen molar-refractivity contribution in [1.82, 2.24) is 4.90 Å². The first-order valence-electron chi connectivity index (χ1n) is 5.75. The minimum absolute atomic E-state index is 0.153. The molecule has 1 heterocycles. The number of likely N-dealkylation sites (tertiary alicyclic amines) is 1. The normalized spacial score (nSPS) is 24.3. The van der Waals surface area contributed by atoms with Crippen molar-refractivity contribution < 1.29 is 4.39 Å². The fourth-order valence-corrected chi connectivity index (χ4v) is 2.63. The highest BCUT2D eigenvalue weighted by molar-refractivity contribution is 9.10. The van der Waals surface area contributed by atoms with Crippen molar-refractivity contribution in [3.63, 3.8) is 0 Å². The lowest BCUT2D eigenvalue weighted by molar-refractivity contribution is 0.126. The largest absolute Gasteiger partial charge is 0.306 e. The van der Waals surface area contributed by atoms with Crippen LogP contribution in [0.4, 0.5) is 4.39 Å². The SMILES string of the molecule is CN1CCCC(C(F)c2ccc(Br)cc2)C1. The van der Waals surface area contributed by atoms with Crippen LogP contribution in [0, 0.1) is 5.92 Å². The third-order valence-electron chi connectivity index (χ3n) is 3.26. The Balaban J connectivity index is 2.06. The topological polar surface area (TPSA) is 3.24 Å². The highest BCUT2D eigenvalue weighted by Crippen LogP contribution is 2.32. The zero-order valence-corrected chi connectivity index (χ0v) is 11.1. The summed E-state index contributed by atoms with van der Waals surface area (Å²) in [5.74, 6) is 0.153. The highest BCUT2D eigenvalue weighted by Gasteiger charge is 2.26. The number of hydrogen-bond donors (Lipinski definition) is 0. The molecule has 16 heavy (non-hydrogen) atoms. The molecule has 1 aliphatic heterocycles. The first-order valence-corrected chi connectivity index (χ1v) is 6.54. The maximum Gasteiger partial charge on any atom is 0.129 e. The van der Waals surface area contributed by atoms with Gasteiger partial charge in [-0.3, -0.25) is 0 Å². The van der Waals surface area contributed by atoms with Gasteiger partial charge in [0.15, 0.2) is 0 Å². The van der Waals surface area contributed by atoms with Crippen LogP contribution in [-0.2, 0) is 0 Å². The molecule has 1 aromatic carbocycles. The zero-order valence-electron chi connectivity index (χ0n) is 9.50. The lowest BCUT2D eigenvalue weighted by atomic mass is 9.90. The summed E-state index contributed by atoms with van der Waals surface area (Å²) in [5, 5.41) is 0. The molecule has 0 aliphatic carbocycles. The van der Waals surface area contributed by atoms with E-state index in [1.807, 2.05) is 24.3 Å². The Kier molecular flexibility index (Phi) is 3.98. The summed E-state index contributed by atoms with van der Waals surface area (Å²) >= 11 is 3.37. The number of benzene rings is 1. The van der Waals surface area contributed by atoms with E-state index >= 15 is 0 Å². The average molecular weight is 286 g/mol. The molecule has 0 N–H and O–H groups in total. The van der Waals surface area contributed by atoms with Gasteiger partial charge >= 0.3 is 0 Å². The van der Waals surface area contributed by atoms with Gasteiger partial charge < -0.3 is 4.90 Å². The van der Waals surface area contributed by atoms with Crippen LogP contribution in [0.1, 0.15) is 24.6 Å². The average Bonchev–Trinajstić information content (AvgIpc) is 2.29.